The first-order valence-corrected chi connectivity index (χ1v) is 18.5. The molecule has 7 aliphatic rings. The molecule has 8 rings (SSSR count). The molecule has 2 spiro atoms. The summed E-state index contributed by atoms with van der Waals surface area (Å²) in [6, 6.07) is 7.13. The highest BCUT2D eigenvalue weighted by atomic mass is 16.5. The van der Waals surface area contributed by atoms with Crippen molar-refractivity contribution in [3.05, 3.63) is 48.1 Å². The van der Waals surface area contributed by atoms with Gasteiger partial charge in [0.1, 0.15) is 5.75 Å². The molecule has 3 N–H and O–H groups in total. The summed E-state index contributed by atoms with van der Waals surface area (Å²) in [5.41, 5.74) is -0.598. The van der Waals surface area contributed by atoms with Gasteiger partial charge in [-0.25, -0.2) is 4.79 Å². The van der Waals surface area contributed by atoms with Gasteiger partial charge in [-0.2, -0.15) is 0 Å². The molecule has 7 aliphatic carbocycles. The Hall–Kier alpha value is -2.64. The van der Waals surface area contributed by atoms with Crippen LogP contribution in [0.3, 0.4) is 0 Å². The molecule has 0 aromatic heterocycles. The minimum atomic E-state index is -1.08. The fourth-order valence-electron chi connectivity index (χ4n) is 11.9. The van der Waals surface area contributed by atoms with E-state index in [1.54, 1.807) is 12.0 Å². The second-order valence-corrected chi connectivity index (χ2v) is 16.6. The maximum absolute atomic E-state index is 14.8. The lowest BCUT2D eigenvalue weighted by Gasteiger charge is -2.71. The third kappa shape index (κ3) is 4.80. The number of urea groups is 1. The standard InChI is InChI=1S/C40H56N2O5/c1-5-23-42(35(45)41-28-11-13-30(47-4)14-12-28)26-39(46)20-17-33-37(39,3)19-16-32-36(2)18-15-29(43)24-38(36)21-22-40(32,33)31(25-38)34(44)27-9-7-6-8-10-27/h11-14,21-22,25,27,29,32-33,43,46H,5-10,15-20,23-24,26H2,1-4H3,(H,41,45)/t29?,32-,33-,36-,37+,38+,39-,40-/m1/s1. The number of nitrogens with one attached hydrogen (secondary N) is 1. The van der Waals surface area contributed by atoms with Crippen LogP contribution < -0.4 is 10.1 Å². The van der Waals surface area contributed by atoms with Crippen molar-refractivity contribution in [1.82, 2.24) is 4.90 Å². The molecule has 0 radical (unpaired) electrons. The van der Waals surface area contributed by atoms with Crippen molar-refractivity contribution in [2.45, 2.75) is 116 Å². The third-order valence-electron chi connectivity index (χ3n) is 14.5. The van der Waals surface area contributed by atoms with Gasteiger partial charge in [0.15, 0.2) is 5.78 Å². The van der Waals surface area contributed by atoms with Gasteiger partial charge in [0.25, 0.3) is 0 Å². The van der Waals surface area contributed by atoms with Crippen LogP contribution in [0.2, 0.25) is 0 Å². The lowest BCUT2D eigenvalue weighted by Crippen LogP contribution is -2.67. The number of anilines is 1. The summed E-state index contributed by atoms with van der Waals surface area (Å²) in [5.74, 6) is 1.54. The molecular weight excluding hydrogens is 588 g/mol. The SMILES string of the molecule is CCCN(C[C@]1(O)CC[C@H]2[C@]34C=C[C@@]5(C=C3C(=O)C3CCCCC3)CC(O)CC[C@]5(C)[C@H]4CC[C@@]21C)C(=O)Nc1ccc(OC)cc1. The van der Waals surface area contributed by atoms with Crippen LogP contribution in [0.1, 0.15) is 104 Å². The Morgan fingerprint density at radius 3 is 2.32 bits per heavy atom. The van der Waals surface area contributed by atoms with Crippen molar-refractivity contribution in [3.8, 4) is 5.75 Å². The Balaban J connectivity index is 1.24. The zero-order valence-electron chi connectivity index (χ0n) is 29.0. The molecule has 256 valence electrons. The molecule has 1 unspecified atom stereocenters. The van der Waals surface area contributed by atoms with E-state index in [2.05, 4.69) is 44.3 Å². The van der Waals surface area contributed by atoms with Gasteiger partial charge in [0, 0.05) is 40.0 Å². The second kappa shape index (κ2) is 11.8. The molecular formula is C40H56N2O5. The Morgan fingerprint density at radius 1 is 0.936 bits per heavy atom. The minimum Gasteiger partial charge on any atom is -0.497 e. The highest BCUT2D eigenvalue weighted by molar-refractivity contribution is 6.00. The van der Waals surface area contributed by atoms with Gasteiger partial charge >= 0.3 is 6.03 Å². The van der Waals surface area contributed by atoms with Crippen LogP contribution >= 0.6 is 0 Å². The monoisotopic (exact) mass is 644 g/mol. The molecule has 0 saturated heterocycles. The summed E-state index contributed by atoms with van der Waals surface area (Å²) in [6.45, 7) is 7.59. The minimum absolute atomic E-state index is 0.0359. The third-order valence-corrected chi connectivity index (χ3v) is 14.5. The number of aliphatic hydroxyl groups excluding tert-OH is 1. The predicted molar refractivity (Wildman–Crippen MR) is 184 cm³/mol. The maximum atomic E-state index is 14.8. The van der Waals surface area contributed by atoms with Gasteiger partial charge < -0.3 is 25.2 Å². The highest BCUT2D eigenvalue weighted by Crippen LogP contribution is 2.78. The average molecular weight is 645 g/mol. The van der Waals surface area contributed by atoms with Gasteiger partial charge in [0.05, 0.1) is 25.4 Å². The summed E-state index contributed by atoms with van der Waals surface area (Å²) in [5, 5.41) is 26.9. The number of fused-ring (bicyclic) bond motifs is 1. The molecule has 0 heterocycles. The first kappa shape index (κ1) is 32.9. The van der Waals surface area contributed by atoms with Gasteiger partial charge in [-0.15, -0.1) is 0 Å². The molecule has 0 aliphatic heterocycles. The number of ketones is 1. The van der Waals surface area contributed by atoms with Crippen molar-refractivity contribution < 1.29 is 24.5 Å². The van der Waals surface area contributed by atoms with Gasteiger partial charge in [-0.3, -0.25) is 4.79 Å². The van der Waals surface area contributed by atoms with Crippen LogP contribution in [0.4, 0.5) is 10.5 Å². The zero-order valence-corrected chi connectivity index (χ0v) is 29.0. The number of nitrogens with zero attached hydrogens (tertiary/aromatic N) is 1. The number of benzene rings is 1. The summed E-state index contributed by atoms with van der Waals surface area (Å²) < 4.78 is 5.28. The topological polar surface area (TPSA) is 99.1 Å². The van der Waals surface area contributed by atoms with E-state index in [0.717, 1.165) is 75.5 Å². The molecule has 2 bridgehead atoms. The number of carbonyl (C=O) groups excluding carboxylic acids is 2. The number of aliphatic hydroxyl groups is 2. The first-order valence-electron chi connectivity index (χ1n) is 18.5. The van der Waals surface area contributed by atoms with Crippen molar-refractivity contribution in [1.29, 1.82) is 0 Å². The van der Waals surface area contributed by atoms with Crippen LogP contribution in [-0.4, -0.2) is 58.8 Å². The summed E-state index contributed by atoms with van der Waals surface area (Å²) >= 11 is 0. The Labute approximate surface area is 281 Å². The number of hydrogen-bond acceptors (Lipinski definition) is 5. The summed E-state index contributed by atoms with van der Waals surface area (Å²) in [7, 11) is 1.62. The largest absolute Gasteiger partial charge is 0.497 e. The van der Waals surface area contributed by atoms with E-state index < -0.39 is 16.4 Å². The molecule has 8 atom stereocenters. The van der Waals surface area contributed by atoms with Crippen molar-refractivity contribution in [2.75, 3.05) is 25.5 Å². The molecule has 7 nitrogen and oxygen atoms in total. The van der Waals surface area contributed by atoms with E-state index in [1.807, 2.05) is 24.3 Å². The smallest absolute Gasteiger partial charge is 0.321 e. The maximum Gasteiger partial charge on any atom is 0.321 e. The van der Waals surface area contributed by atoms with Crippen LogP contribution in [0.15, 0.2) is 48.1 Å². The number of hydrogen-bond donors (Lipinski definition) is 3. The predicted octanol–water partition coefficient (Wildman–Crippen LogP) is 7.68. The molecule has 1 aromatic rings. The van der Waals surface area contributed by atoms with E-state index in [-0.39, 0.29) is 41.3 Å². The van der Waals surface area contributed by atoms with Crippen molar-refractivity contribution in [2.24, 2.45) is 39.4 Å². The van der Waals surface area contributed by atoms with Crippen LogP contribution in [-0.2, 0) is 4.79 Å². The van der Waals surface area contributed by atoms with Crippen LogP contribution in [0.25, 0.3) is 0 Å². The fourth-order valence-corrected chi connectivity index (χ4v) is 11.9. The first-order chi connectivity index (χ1) is 22.5. The highest BCUT2D eigenvalue weighted by Gasteiger charge is 2.74. The van der Waals surface area contributed by atoms with Gasteiger partial charge in [0.2, 0.25) is 0 Å². The lowest BCUT2D eigenvalue weighted by molar-refractivity contribution is -0.178. The number of carbonyl (C=O) groups is 2. The number of allylic oxidation sites excluding steroid dienone is 4. The number of rotatable bonds is 8. The lowest BCUT2D eigenvalue weighted by atomic mass is 9.32. The second-order valence-electron chi connectivity index (χ2n) is 16.6. The Bertz CT molecular complexity index is 1450. The van der Waals surface area contributed by atoms with E-state index in [9.17, 15) is 19.8 Å². The molecule has 4 saturated carbocycles. The normalized spacial score (nSPS) is 40.6. The summed E-state index contributed by atoms with van der Waals surface area (Å²) in [6.07, 6.45) is 18.7. The average Bonchev–Trinajstić information content (AvgIpc) is 3.34. The van der Waals surface area contributed by atoms with Gasteiger partial charge in [-0.1, -0.05) is 58.3 Å². The zero-order chi connectivity index (χ0) is 33.2. The van der Waals surface area contributed by atoms with Crippen LogP contribution in [0.5, 0.6) is 5.75 Å². The van der Waals surface area contributed by atoms with E-state index >= 15 is 0 Å². The Kier molecular flexibility index (Phi) is 8.22. The van der Waals surface area contributed by atoms with Crippen LogP contribution in [0, 0.1) is 39.4 Å². The number of ether oxygens (including phenoxy) is 1. The molecule has 4 fully saturated rings. The summed E-state index contributed by atoms with van der Waals surface area (Å²) in [4.78, 5) is 30.3. The number of amides is 2. The van der Waals surface area contributed by atoms with E-state index in [1.165, 1.54) is 6.42 Å². The Morgan fingerprint density at radius 2 is 1.62 bits per heavy atom. The van der Waals surface area contributed by atoms with Crippen molar-refractivity contribution >= 4 is 17.5 Å². The molecule has 7 heteroatoms. The van der Waals surface area contributed by atoms with E-state index in [4.69, 9.17) is 4.74 Å². The van der Waals surface area contributed by atoms with E-state index in [0.29, 0.717) is 36.8 Å². The van der Waals surface area contributed by atoms with Gasteiger partial charge in [-0.05, 0) is 106 Å². The quantitative estimate of drug-likeness (QED) is 0.252. The molecule has 1 aromatic carbocycles. The number of methoxy groups -OCH3 is 1. The number of Topliss-reactive ketones (excluding diaryl/α,β-unsaturated/α-hetero) is 1. The van der Waals surface area contributed by atoms with Crippen molar-refractivity contribution in [3.63, 3.8) is 0 Å². The molecule has 2 amide bonds. The molecule has 47 heavy (non-hydrogen) atoms. The fraction of sp³-hybridized carbons (Fsp3) is 0.700.